The molecule has 4 N–H and O–H groups in total. The van der Waals surface area contributed by atoms with E-state index in [1.165, 1.54) is 5.56 Å². The lowest BCUT2D eigenvalue weighted by molar-refractivity contribution is -0.193. The highest BCUT2D eigenvalue weighted by Crippen LogP contribution is 2.36. The average molecular weight is 682 g/mol. The molecule has 21 heteroatoms. The summed E-state index contributed by atoms with van der Waals surface area (Å²) < 4.78 is 101. The molecule has 12 nitrogen and oxygen atoms in total. The van der Waals surface area contributed by atoms with E-state index in [2.05, 4.69) is 31.2 Å². The lowest BCUT2D eigenvalue weighted by atomic mass is 9.82. The molecule has 1 spiro atoms. The molecule has 1 unspecified atom stereocenters. The van der Waals surface area contributed by atoms with Crippen LogP contribution in [0.3, 0.4) is 0 Å². The molecule has 2 aromatic rings. The van der Waals surface area contributed by atoms with Crippen molar-refractivity contribution in [2.75, 3.05) is 25.0 Å². The number of nitrogens with one attached hydrogen (secondary N) is 1. The molecule has 0 aliphatic carbocycles. The highest BCUT2D eigenvalue weighted by atomic mass is 19.4. The molecule has 46 heavy (non-hydrogen) atoms. The molecule has 2 aliphatic rings. The Morgan fingerprint density at radius 3 is 1.74 bits per heavy atom. The Morgan fingerprint density at radius 2 is 1.33 bits per heavy atom. The molecule has 0 bridgehead atoms. The predicted molar refractivity (Wildman–Crippen MR) is 137 cm³/mol. The second-order valence-corrected chi connectivity index (χ2v) is 9.48. The van der Waals surface area contributed by atoms with Gasteiger partial charge in [0.05, 0.1) is 5.60 Å². The van der Waals surface area contributed by atoms with Gasteiger partial charge >= 0.3 is 36.4 Å². The lowest BCUT2D eigenvalue weighted by Crippen LogP contribution is -2.51. The number of halogens is 9. The summed E-state index contributed by atoms with van der Waals surface area (Å²) in [5.41, 5.74) is 1.29. The monoisotopic (exact) mass is 681 g/mol. The Morgan fingerprint density at radius 1 is 0.848 bits per heavy atom. The third kappa shape index (κ3) is 15.6. The number of carboxylic acid groups (broad SMARTS) is 3. The van der Waals surface area contributed by atoms with Crippen LogP contribution in [0.5, 0.6) is 0 Å². The molecule has 0 radical (unpaired) electrons. The molecule has 1 atom stereocenters. The first-order valence-electron chi connectivity index (χ1n) is 12.8. The van der Waals surface area contributed by atoms with Gasteiger partial charge in [0.15, 0.2) is 0 Å². The third-order valence-electron chi connectivity index (χ3n) is 6.02. The minimum atomic E-state index is -5.08. The first-order valence-corrected chi connectivity index (χ1v) is 12.8. The molecule has 4 rings (SSSR count). The molecular formula is C25H28F9N5O7. The van der Waals surface area contributed by atoms with Gasteiger partial charge in [0.2, 0.25) is 5.95 Å². The van der Waals surface area contributed by atoms with Gasteiger partial charge in [0.25, 0.3) is 0 Å². The molecule has 2 saturated heterocycles. The Labute approximate surface area is 254 Å². The highest BCUT2D eigenvalue weighted by molar-refractivity contribution is 5.73. The van der Waals surface area contributed by atoms with E-state index in [1.54, 1.807) is 12.4 Å². The first kappa shape index (κ1) is 39.8. The van der Waals surface area contributed by atoms with Crippen molar-refractivity contribution >= 4 is 23.9 Å². The molecule has 258 valence electrons. The Bertz CT molecular complexity index is 1170. The number of piperidine rings is 1. The van der Waals surface area contributed by atoms with Gasteiger partial charge in [0, 0.05) is 57.1 Å². The van der Waals surface area contributed by atoms with Crippen molar-refractivity contribution in [1.82, 2.24) is 19.9 Å². The normalized spacial score (nSPS) is 17.9. The highest BCUT2D eigenvalue weighted by Gasteiger charge is 2.41. The maximum absolute atomic E-state index is 10.6. The molecule has 0 saturated carbocycles. The zero-order valence-corrected chi connectivity index (χ0v) is 23.4. The average Bonchev–Trinajstić information content (AvgIpc) is 2.95. The third-order valence-corrected chi connectivity index (χ3v) is 6.02. The molecule has 0 amide bonds. The van der Waals surface area contributed by atoms with Crippen molar-refractivity contribution in [3.05, 3.63) is 48.5 Å². The van der Waals surface area contributed by atoms with E-state index in [0.717, 1.165) is 57.9 Å². The van der Waals surface area contributed by atoms with Gasteiger partial charge < -0.3 is 25.4 Å². The van der Waals surface area contributed by atoms with E-state index in [1.807, 2.05) is 24.5 Å². The number of hydrogen-bond donors (Lipinski definition) is 4. The van der Waals surface area contributed by atoms with Crippen LogP contribution < -0.4 is 5.32 Å². The van der Waals surface area contributed by atoms with Crippen LogP contribution in [0.15, 0.2) is 43.0 Å². The van der Waals surface area contributed by atoms with E-state index in [4.69, 9.17) is 34.4 Å². The van der Waals surface area contributed by atoms with Gasteiger partial charge in [-0.3, -0.25) is 9.88 Å². The van der Waals surface area contributed by atoms with E-state index in [0.29, 0.717) is 6.04 Å². The van der Waals surface area contributed by atoms with Crippen molar-refractivity contribution < 1.29 is 74.0 Å². The number of hydrogen-bond acceptors (Lipinski definition) is 9. The van der Waals surface area contributed by atoms with Gasteiger partial charge in [-0.05, 0) is 43.4 Å². The zero-order valence-electron chi connectivity index (χ0n) is 23.4. The summed E-state index contributed by atoms with van der Waals surface area (Å²) in [5, 5.41) is 24.9. The smallest absolute Gasteiger partial charge is 0.475 e. The number of pyridine rings is 1. The van der Waals surface area contributed by atoms with E-state index < -0.39 is 36.4 Å². The van der Waals surface area contributed by atoms with Crippen molar-refractivity contribution in [3.8, 4) is 0 Å². The number of carbonyl (C=O) groups is 3. The van der Waals surface area contributed by atoms with Crippen molar-refractivity contribution in [3.63, 3.8) is 0 Å². The maximum Gasteiger partial charge on any atom is 0.490 e. The predicted octanol–water partition coefficient (Wildman–Crippen LogP) is 4.40. The summed E-state index contributed by atoms with van der Waals surface area (Å²) >= 11 is 0. The Balaban J connectivity index is 0.000000413. The number of anilines is 1. The second-order valence-electron chi connectivity index (χ2n) is 9.48. The molecule has 2 aliphatic heterocycles. The minimum Gasteiger partial charge on any atom is -0.475 e. The summed E-state index contributed by atoms with van der Waals surface area (Å²) in [6.45, 7) is 3.93. The minimum absolute atomic E-state index is 0.0101. The lowest BCUT2D eigenvalue weighted by Gasteiger charge is -2.46. The number of likely N-dealkylation sites (tertiary alicyclic amines) is 1. The van der Waals surface area contributed by atoms with Gasteiger partial charge in [-0.25, -0.2) is 24.4 Å². The standard InChI is InChI=1S/C19H25N5O.3C2HF3O2/c1-3-16(14-20-7-1)15-24-10-5-19(6-11-24)13-17(4-12-25-19)23-18-21-8-2-9-22-18;3*3-2(4,5)1(6)7/h1-3,7-9,14,17H,4-6,10-13,15H2,(H,21,22,23);3*(H,6,7). The van der Waals surface area contributed by atoms with Gasteiger partial charge in [-0.15, -0.1) is 0 Å². The first-order chi connectivity index (χ1) is 21.1. The van der Waals surface area contributed by atoms with Crippen LogP contribution in [0, 0.1) is 0 Å². The summed E-state index contributed by atoms with van der Waals surface area (Å²) in [6, 6.07) is 6.39. The number of aliphatic carboxylic acids is 3. The van der Waals surface area contributed by atoms with Crippen molar-refractivity contribution in [2.45, 2.75) is 62.4 Å². The summed E-state index contributed by atoms with van der Waals surface area (Å²) in [4.78, 5) is 42.0. The Kier molecular flexibility index (Phi) is 15.1. The summed E-state index contributed by atoms with van der Waals surface area (Å²) in [6.07, 6.45) is -3.69. The summed E-state index contributed by atoms with van der Waals surface area (Å²) in [7, 11) is 0. The molecular weight excluding hydrogens is 653 g/mol. The zero-order chi connectivity index (χ0) is 35.2. The number of ether oxygens (including phenoxy) is 1. The number of carboxylic acids is 3. The van der Waals surface area contributed by atoms with Crippen LogP contribution in [-0.4, -0.2) is 103 Å². The number of rotatable bonds is 4. The van der Waals surface area contributed by atoms with Crippen LogP contribution in [0.4, 0.5) is 45.5 Å². The molecule has 4 heterocycles. The fraction of sp³-hybridized carbons (Fsp3) is 0.520. The van der Waals surface area contributed by atoms with Crippen LogP contribution in [0.2, 0.25) is 0 Å². The molecule has 0 aromatic carbocycles. The van der Waals surface area contributed by atoms with Crippen molar-refractivity contribution in [1.29, 1.82) is 0 Å². The fourth-order valence-corrected chi connectivity index (χ4v) is 3.92. The van der Waals surface area contributed by atoms with Crippen LogP contribution in [-0.2, 0) is 25.7 Å². The topological polar surface area (TPSA) is 175 Å². The molecule has 2 fully saturated rings. The van der Waals surface area contributed by atoms with E-state index in [9.17, 15) is 39.5 Å². The number of aromatic nitrogens is 3. The van der Waals surface area contributed by atoms with Gasteiger partial charge in [-0.2, -0.15) is 39.5 Å². The largest absolute Gasteiger partial charge is 0.490 e. The van der Waals surface area contributed by atoms with Crippen LogP contribution in [0.25, 0.3) is 0 Å². The quantitative estimate of drug-likeness (QED) is 0.336. The fourth-order valence-electron chi connectivity index (χ4n) is 3.92. The van der Waals surface area contributed by atoms with E-state index >= 15 is 0 Å². The molecule has 2 aromatic heterocycles. The Hall–Kier alpha value is -4.27. The van der Waals surface area contributed by atoms with Gasteiger partial charge in [-0.1, -0.05) is 6.07 Å². The second kappa shape index (κ2) is 17.4. The van der Waals surface area contributed by atoms with Crippen LogP contribution in [0.1, 0.15) is 31.2 Å². The maximum atomic E-state index is 10.6. The number of nitrogens with zero attached hydrogens (tertiary/aromatic N) is 4. The van der Waals surface area contributed by atoms with Crippen molar-refractivity contribution in [2.24, 2.45) is 0 Å². The van der Waals surface area contributed by atoms with E-state index in [-0.39, 0.29) is 5.60 Å². The van der Waals surface area contributed by atoms with Crippen LogP contribution >= 0.6 is 0 Å². The SMILES string of the molecule is O=C(O)C(F)(F)F.O=C(O)C(F)(F)F.O=C(O)C(F)(F)F.c1cnc(NC2CCOC3(CCN(Cc4cccnc4)CC3)C2)nc1. The number of alkyl halides is 9. The van der Waals surface area contributed by atoms with Gasteiger partial charge in [0.1, 0.15) is 0 Å². The summed E-state index contributed by atoms with van der Waals surface area (Å²) in [5.74, 6) is -7.55.